The number of hydrogen-bond donors (Lipinski definition) is 1. The van der Waals surface area contributed by atoms with Crippen LogP contribution in [0.25, 0.3) is 0 Å². The van der Waals surface area contributed by atoms with Crippen LogP contribution in [0, 0.1) is 12.8 Å². The fourth-order valence-corrected chi connectivity index (χ4v) is 2.73. The van der Waals surface area contributed by atoms with E-state index in [9.17, 15) is 13.2 Å². The summed E-state index contributed by atoms with van der Waals surface area (Å²) in [6.07, 6.45) is -2.76. The van der Waals surface area contributed by atoms with Gasteiger partial charge >= 0.3 is 6.18 Å². The van der Waals surface area contributed by atoms with E-state index in [-0.39, 0.29) is 12.8 Å². The highest BCUT2D eigenvalue weighted by Gasteiger charge is 2.46. The predicted molar refractivity (Wildman–Crippen MR) is 65.1 cm³/mol. The van der Waals surface area contributed by atoms with Crippen LogP contribution in [0.2, 0.25) is 0 Å². The highest BCUT2D eigenvalue weighted by Crippen LogP contribution is 2.44. The monoisotopic (exact) mass is 257 g/mol. The van der Waals surface area contributed by atoms with E-state index in [1.54, 1.807) is 0 Å². The Bertz CT molecular complexity index is 410. The molecule has 1 saturated carbocycles. The molecule has 2 rings (SSSR count). The van der Waals surface area contributed by atoms with Crippen molar-refractivity contribution in [2.24, 2.45) is 11.7 Å². The molecule has 2 unspecified atom stereocenters. The van der Waals surface area contributed by atoms with Crippen LogP contribution in [-0.4, -0.2) is 6.18 Å². The lowest BCUT2D eigenvalue weighted by Gasteiger charge is -2.39. The van der Waals surface area contributed by atoms with E-state index >= 15 is 0 Å². The van der Waals surface area contributed by atoms with E-state index in [0.29, 0.717) is 12.8 Å². The summed E-state index contributed by atoms with van der Waals surface area (Å²) < 4.78 is 38.4. The molecule has 1 nitrogen and oxygen atoms in total. The SMILES string of the molecule is Cc1ccc(C2(N)CCCC(C(F)(F)F)C2)cc1. The molecular weight excluding hydrogens is 239 g/mol. The third-order valence-corrected chi connectivity index (χ3v) is 3.88. The number of aryl methyl sites for hydroxylation is 1. The zero-order valence-electron chi connectivity index (χ0n) is 10.4. The third-order valence-electron chi connectivity index (χ3n) is 3.88. The van der Waals surface area contributed by atoms with Gasteiger partial charge in [0.25, 0.3) is 0 Å². The van der Waals surface area contributed by atoms with E-state index in [1.165, 1.54) is 0 Å². The number of benzene rings is 1. The maximum absolute atomic E-state index is 12.8. The molecule has 1 aliphatic carbocycles. The van der Waals surface area contributed by atoms with Crippen molar-refractivity contribution in [2.45, 2.75) is 44.3 Å². The number of rotatable bonds is 1. The summed E-state index contributed by atoms with van der Waals surface area (Å²) in [4.78, 5) is 0. The second-order valence-electron chi connectivity index (χ2n) is 5.36. The van der Waals surface area contributed by atoms with Crippen molar-refractivity contribution in [3.05, 3.63) is 35.4 Å². The minimum absolute atomic E-state index is 0.000436. The third kappa shape index (κ3) is 2.69. The fraction of sp³-hybridized carbons (Fsp3) is 0.571. The van der Waals surface area contributed by atoms with Crippen molar-refractivity contribution >= 4 is 0 Å². The first-order valence-electron chi connectivity index (χ1n) is 6.24. The summed E-state index contributed by atoms with van der Waals surface area (Å²) in [5.41, 5.74) is 7.30. The molecule has 18 heavy (non-hydrogen) atoms. The van der Waals surface area contributed by atoms with Crippen molar-refractivity contribution in [1.82, 2.24) is 0 Å². The van der Waals surface area contributed by atoms with Gasteiger partial charge in [-0.15, -0.1) is 0 Å². The molecule has 0 radical (unpaired) electrons. The maximum atomic E-state index is 12.8. The molecule has 0 saturated heterocycles. The van der Waals surface area contributed by atoms with Crippen LogP contribution < -0.4 is 5.73 Å². The van der Waals surface area contributed by atoms with Crippen LogP contribution in [0.15, 0.2) is 24.3 Å². The average molecular weight is 257 g/mol. The quantitative estimate of drug-likeness (QED) is 0.811. The summed E-state index contributed by atoms with van der Waals surface area (Å²) in [6, 6.07) is 7.52. The first kappa shape index (κ1) is 13.4. The Hall–Kier alpha value is -1.03. The van der Waals surface area contributed by atoms with Crippen LogP contribution in [0.3, 0.4) is 0 Å². The molecule has 0 amide bonds. The van der Waals surface area contributed by atoms with Gasteiger partial charge in [0.05, 0.1) is 5.92 Å². The molecule has 0 aromatic heterocycles. The lowest BCUT2D eigenvalue weighted by atomic mass is 9.72. The highest BCUT2D eigenvalue weighted by atomic mass is 19.4. The summed E-state index contributed by atoms with van der Waals surface area (Å²) in [6.45, 7) is 1.95. The molecule has 1 fully saturated rings. The van der Waals surface area contributed by atoms with E-state index in [4.69, 9.17) is 5.73 Å². The lowest BCUT2D eigenvalue weighted by Crippen LogP contribution is -2.44. The van der Waals surface area contributed by atoms with Crippen molar-refractivity contribution < 1.29 is 13.2 Å². The average Bonchev–Trinajstić information content (AvgIpc) is 2.28. The van der Waals surface area contributed by atoms with Gasteiger partial charge in [-0.1, -0.05) is 36.2 Å². The van der Waals surface area contributed by atoms with Crippen molar-refractivity contribution in [3.63, 3.8) is 0 Å². The minimum Gasteiger partial charge on any atom is -0.321 e. The van der Waals surface area contributed by atoms with E-state index < -0.39 is 17.6 Å². The molecule has 0 aliphatic heterocycles. The van der Waals surface area contributed by atoms with Gasteiger partial charge in [-0.25, -0.2) is 0 Å². The molecule has 1 aromatic rings. The summed E-state index contributed by atoms with van der Waals surface area (Å²) in [5.74, 6) is -1.27. The molecule has 1 aromatic carbocycles. The van der Waals surface area contributed by atoms with Gasteiger partial charge in [-0.05, 0) is 31.7 Å². The van der Waals surface area contributed by atoms with E-state index in [2.05, 4.69) is 0 Å². The Labute approximate surface area is 105 Å². The van der Waals surface area contributed by atoms with Gasteiger partial charge < -0.3 is 5.73 Å². The highest BCUT2D eigenvalue weighted by molar-refractivity contribution is 5.28. The summed E-state index contributed by atoms with van der Waals surface area (Å²) in [7, 11) is 0. The van der Waals surface area contributed by atoms with E-state index in [1.807, 2.05) is 31.2 Å². The van der Waals surface area contributed by atoms with Crippen LogP contribution in [0.4, 0.5) is 13.2 Å². The Morgan fingerprint density at radius 3 is 2.39 bits per heavy atom. The molecule has 0 heterocycles. The zero-order valence-corrected chi connectivity index (χ0v) is 10.4. The Morgan fingerprint density at radius 1 is 1.22 bits per heavy atom. The molecule has 2 atom stereocenters. The Morgan fingerprint density at radius 2 is 1.83 bits per heavy atom. The van der Waals surface area contributed by atoms with E-state index in [0.717, 1.165) is 11.1 Å². The Balaban J connectivity index is 2.22. The second kappa shape index (κ2) is 4.57. The number of alkyl halides is 3. The Kier molecular flexibility index (Phi) is 3.41. The van der Waals surface area contributed by atoms with Crippen molar-refractivity contribution in [1.29, 1.82) is 0 Å². The lowest BCUT2D eigenvalue weighted by molar-refractivity contribution is -0.187. The van der Waals surface area contributed by atoms with Crippen LogP contribution in [0.1, 0.15) is 36.8 Å². The normalized spacial score (nSPS) is 29.3. The molecule has 4 heteroatoms. The van der Waals surface area contributed by atoms with Gasteiger partial charge in [-0.2, -0.15) is 13.2 Å². The fourth-order valence-electron chi connectivity index (χ4n) is 2.73. The van der Waals surface area contributed by atoms with Crippen LogP contribution in [-0.2, 0) is 5.54 Å². The van der Waals surface area contributed by atoms with Gasteiger partial charge in [0.1, 0.15) is 0 Å². The number of nitrogens with two attached hydrogens (primary N) is 1. The standard InChI is InChI=1S/C14H18F3N/c1-10-4-6-11(7-5-10)13(18)8-2-3-12(9-13)14(15,16)17/h4-7,12H,2-3,8-9,18H2,1H3. The molecule has 1 aliphatic rings. The second-order valence-corrected chi connectivity index (χ2v) is 5.36. The first-order chi connectivity index (χ1) is 8.31. The number of halogens is 3. The zero-order chi connectivity index (χ0) is 13.4. The molecule has 100 valence electrons. The van der Waals surface area contributed by atoms with Crippen LogP contribution >= 0.6 is 0 Å². The first-order valence-corrected chi connectivity index (χ1v) is 6.24. The van der Waals surface area contributed by atoms with Gasteiger partial charge in [0, 0.05) is 5.54 Å². The van der Waals surface area contributed by atoms with Crippen molar-refractivity contribution in [2.75, 3.05) is 0 Å². The van der Waals surface area contributed by atoms with Gasteiger partial charge in [0.15, 0.2) is 0 Å². The maximum Gasteiger partial charge on any atom is 0.391 e. The van der Waals surface area contributed by atoms with Crippen LogP contribution in [0.5, 0.6) is 0 Å². The van der Waals surface area contributed by atoms with Crippen molar-refractivity contribution in [3.8, 4) is 0 Å². The van der Waals surface area contributed by atoms with Gasteiger partial charge in [0.2, 0.25) is 0 Å². The largest absolute Gasteiger partial charge is 0.391 e. The summed E-state index contributed by atoms with van der Waals surface area (Å²) >= 11 is 0. The minimum atomic E-state index is -4.13. The molecule has 0 bridgehead atoms. The summed E-state index contributed by atoms with van der Waals surface area (Å²) in [5, 5.41) is 0. The molecule has 2 N–H and O–H groups in total. The molecule has 0 spiro atoms. The predicted octanol–water partition coefficient (Wildman–Crippen LogP) is 3.90. The molecular formula is C14H18F3N. The van der Waals surface area contributed by atoms with Gasteiger partial charge in [-0.3, -0.25) is 0 Å². The smallest absolute Gasteiger partial charge is 0.321 e. The number of hydrogen-bond acceptors (Lipinski definition) is 1. The topological polar surface area (TPSA) is 26.0 Å².